The third kappa shape index (κ3) is 3.91. The highest BCUT2D eigenvalue weighted by Crippen LogP contribution is 2.14. The standard InChI is InChI=1S/C15H19FN4/c1-11(8-9-12-6-4-3-5-7-12)19-14-13(16)10-18-15(17-2)20-14/h3-7,10-11H,8-9H2,1-2H3,(H2,17,18,19,20). The van der Waals surface area contributed by atoms with Crippen LogP contribution in [-0.4, -0.2) is 23.1 Å². The Morgan fingerprint density at radius 3 is 2.70 bits per heavy atom. The van der Waals surface area contributed by atoms with Crippen LogP contribution in [0.2, 0.25) is 0 Å². The molecule has 0 spiro atoms. The van der Waals surface area contributed by atoms with Crippen molar-refractivity contribution in [2.45, 2.75) is 25.8 Å². The number of benzene rings is 1. The molecule has 0 saturated carbocycles. The Bertz CT molecular complexity index is 545. The average molecular weight is 274 g/mol. The SMILES string of the molecule is CNc1ncc(F)c(NC(C)CCc2ccccc2)n1. The Hall–Kier alpha value is -2.17. The van der Waals surface area contributed by atoms with Crippen molar-refractivity contribution in [1.29, 1.82) is 0 Å². The zero-order valence-corrected chi connectivity index (χ0v) is 11.7. The van der Waals surface area contributed by atoms with Crippen molar-refractivity contribution in [3.05, 3.63) is 47.9 Å². The Labute approximate surface area is 118 Å². The molecule has 0 aliphatic rings. The first kappa shape index (κ1) is 14.2. The van der Waals surface area contributed by atoms with E-state index >= 15 is 0 Å². The van der Waals surface area contributed by atoms with Crippen molar-refractivity contribution >= 4 is 11.8 Å². The second kappa shape index (κ2) is 6.84. The monoisotopic (exact) mass is 274 g/mol. The first-order valence-corrected chi connectivity index (χ1v) is 6.70. The predicted octanol–water partition coefficient (Wildman–Crippen LogP) is 3.09. The molecule has 0 fully saturated rings. The third-order valence-corrected chi connectivity index (χ3v) is 3.06. The lowest BCUT2D eigenvalue weighted by Crippen LogP contribution is -2.18. The number of aryl methyl sites for hydroxylation is 1. The van der Waals surface area contributed by atoms with Crippen LogP contribution in [0.5, 0.6) is 0 Å². The van der Waals surface area contributed by atoms with Crippen LogP contribution in [-0.2, 0) is 6.42 Å². The molecular formula is C15H19FN4. The van der Waals surface area contributed by atoms with E-state index < -0.39 is 5.82 Å². The molecule has 20 heavy (non-hydrogen) atoms. The van der Waals surface area contributed by atoms with Gasteiger partial charge in [0.05, 0.1) is 6.20 Å². The van der Waals surface area contributed by atoms with E-state index in [0.717, 1.165) is 12.8 Å². The molecule has 2 N–H and O–H groups in total. The van der Waals surface area contributed by atoms with Crippen molar-refractivity contribution in [2.24, 2.45) is 0 Å². The molecule has 1 unspecified atom stereocenters. The first-order valence-electron chi connectivity index (χ1n) is 6.70. The summed E-state index contributed by atoms with van der Waals surface area (Å²) in [6, 6.07) is 10.4. The normalized spacial score (nSPS) is 11.9. The molecule has 0 radical (unpaired) electrons. The minimum atomic E-state index is -0.435. The van der Waals surface area contributed by atoms with Gasteiger partial charge < -0.3 is 10.6 Å². The summed E-state index contributed by atoms with van der Waals surface area (Å²) in [5.41, 5.74) is 1.28. The molecular weight excluding hydrogens is 255 g/mol. The third-order valence-electron chi connectivity index (χ3n) is 3.06. The van der Waals surface area contributed by atoms with Crippen molar-refractivity contribution in [2.75, 3.05) is 17.7 Å². The molecule has 2 rings (SSSR count). The summed E-state index contributed by atoms with van der Waals surface area (Å²) < 4.78 is 13.6. The molecule has 0 aliphatic heterocycles. The number of anilines is 2. The van der Waals surface area contributed by atoms with Gasteiger partial charge in [-0.3, -0.25) is 0 Å². The maximum absolute atomic E-state index is 13.6. The van der Waals surface area contributed by atoms with Crippen LogP contribution in [0.1, 0.15) is 18.9 Å². The molecule has 0 saturated heterocycles. The zero-order chi connectivity index (χ0) is 14.4. The van der Waals surface area contributed by atoms with Crippen LogP contribution < -0.4 is 10.6 Å². The summed E-state index contributed by atoms with van der Waals surface area (Å²) in [5, 5.41) is 5.89. The minimum absolute atomic E-state index is 0.129. The Balaban J connectivity index is 1.92. The van der Waals surface area contributed by atoms with E-state index in [1.165, 1.54) is 11.8 Å². The zero-order valence-electron chi connectivity index (χ0n) is 11.7. The lowest BCUT2D eigenvalue weighted by atomic mass is 10.1. The molecule has 0 aliphatic carbocycles. The second-order valence-corrected chi connectivity index (χ2v) is 4.71. The van der Waals surface area contributed by atoms with Crippen LogP contribution in [0, 0.1) is 5.82 Å². The first-order chi connectivity index (χ1) is 9.69. The van der Waals surface area contributed by atoms with Gasteiger partial charge in [-0.2, -0.15) is 4.98 Å². The van der Waals surface area contributed by atoms with Gasteiger partial charge in [-0.15, -0.1) is 0 Å². The van der Waals surface area contributed by atoms with Gasteiger partial charge in [0.15, 0.2) is 11.6 Å². The maximum Gasteiger partial charge on any atom is 0.224 e. The molecule has 4 nitrogen and oxygen atoms in total. The van der Waals surface area contributed by atoms with Gasteiger partial charge in [0.25, 0.3) is 0 Å². The maximum atomic E-state index is 13.6. The number of rotatable bonds is 6. The molecule has 2 aromatic rings. The van der Waals surface area contributed by atoms with E-state index in [1.807, 2.05) is 25.1 Å². The summed E-state index contributed by atoms with van der Waals surface area (Å²) in [6.45, 7) is 2.02. The highest BCUT2D eigenvalue weighted by molar-refractivity contribution is 5.41. The Kier molecular flexibility index (Phi) is 4.87. The summed E-state index contributed by atoms with van der Waals surface area (Å²) in [5.74, 6) is 0.213. The van der Waals surface area contributed by atoms with Crippen molar-refractivity contribution < 1.29 is 4.39 Å². The number of nitrogens with one attached hydrogen (secondary N) is 2. The Morgan fingerprint density at radius 2 is 2.00 bits per heavy atom. The van der Waals surface area contributed by atoms with E-state index in [-0.39, 0.29) is 11.9 Å². The highest BCUT2D eigenvalue weighted by Gasteiger charge is 2.09. The smallest absolute Gasteiger partial charge is 0.224 e. The molecule has 1 atom stereocenters. The van der Waals surface area contributed by atoms with Gasteiger partial charge in [0, 0.05) is 13.1 Å². The summed E-state index contributed by atoms with van der Waals surface area (Å²) in [4.78, 5) is 7.90. The van der Waals surface area contributed by atoms with Crippen molar-refractivity contribution in [3.8, 4) is 0 Å². The number of hydrogen-bond acceptors (Lipinski definition) is 4. The lowest BCUT2D eigenvalue weighted by molar-refractivity contribution is 0.608. The molecule has 1 heterocycles. The van der Waals surface area contributed by atoms with Crippen LogP contribution in [0.25, 0.3) is 0 Å². The topological polar surface area (TPSA) is 49.8 Å². The van der Waals surface area contributed by atoms with Gasteiger partial charge >= 0.3 is 0 Å². The predicted molar refractivity (Wildman–Crippen MR) is 79.4 cm³/mol. The Morgan fingerprint density at radius 1 is 1.25 bits per heavy atom. The minimum Gasteiger partial charge on any atom is -0.365 e. The molecule has 0 amide bonds. The van der Waals surface area contributed by atoms with Crippen LogP contribution in [0.15, 0.2) is 36.5 Å². The van der Waals surface area contributed by atoms with E-state index in [0.29, 0.717) is 5.95 Å². The van der Waals surface area contributed by atoms with Gasteiger partial charge in [-0.1, -0.05) is 30.3 Å². The van der Waals surface area contributed by atoms with E-state index in [1.54, 1.807) is 7.05 Å². The number of hydrogen-bond donors (Lipinski definition) is 2. The van der Waals surface area contributed by atoms with E-state index in [2.05, 4.69) is 32.7 Å². The average Bonchev–Trinajstić information content (AvgIpc) is 2.48. The summed E-state index contributed by atoms with van der Waals surface area (Å²) >= 11 is 0. The number of halogens is 1. The molecule has 0 bridgehead atoms. The number of aromatic nitrogens is 2. The van der Waals surface area contributed by atoms with Gasteiger partial charge in [-0.25, -0.2) is 9.37 Å². The highest BCUT2D eigenvalue weighted by atomic mass is 19.1. The van der Waals surface area contributed by atoms with Crippen molar-refractivity contribution in [3.63, 3.8) is 0 Å². The van der Waals surface area contributed by atoms with Crippen LogP contribution in [0.3, 0.4) is 0 Å². The van der Waals surface area contributed by atoms with E-state index in [4.69, 9.17) is 0 Å². The lowest BCUT2D eigenvalue weighted by Gasteiger charge is -2.15. The summed E-state index contributed by atoms with van der Waals surface area (Å²) in [7, 11) is 1.70. The molecule has 106 valence electrons. The fraction of sp³-hybridized carbons (Fsp3) is 0.333. The number of nitrogens with zero attached hydrogens (tertiary/aromatic N) is 2. The van der Waals surface area contributed by atoms with Gasteiger partial charge in [-0.05, 0) is 25.3 Å². The molecule has 5 heteroatoms. The fourth-order valence-corrected chi connectivity index (χ4v) is 1.92. The van der Waals surface area contributed by atoms with Gasteiger partial charge in [0.1, 0.15) is 0 Å². The fourth-order valence-electron chi connectivity index (χ4n) is 1.92. The molecule has 1 aromatic carbocycles. The summed E-state index contributed by atoms with van der Waals surface area (Å²) in [6.07, 6.45) is 3.02. The van der Waals surface area contributed by atoms with Crippen LogP contribution >= 0.6 is 0 Å². The molecule has 1 aromatic heterocycles. The largest absolute Gasteiger partial charge is 0.365 e. The van der Waals surface area contributed by atoms with Crippen LogP contribution in [0.4, 0.5) is 16.2 Å². The van der Waals surface area contributed by atoms with Crippen molar-refractivity contribution in [1.82, 2.24) is 9.97 Å². The second-order valence-electron chi connectivity index (χ2n) is 4.71. The van der Waals surface area contributed by atoms with Gasteiger partial charge in [0.2, 0.25) is 5.95 Å². The quantitative estimate of drug-likeness (QED) is 0.850. The van der Waals surface area contributed by atoms with E-state index in [9.17, 15) is 4.39 Å².